The van der Waals surface area contributed by atoms with Crippen LogP contribution in [0.4, 0.5) is 29.2 Å². The largest absolute Gasteiger partial charge is 0.378 e. The molecule has 0 bridgehead atoms. The summed E-state index contributed by atoms with van der Waals surface area (Å²) in [5.74, 6) is 1.52. The molecular formula is C26H36N10O. The molecule has 11 heteroatoms. The van der Waals surface area contributed by atoms with Gasteiger partial charge in [-0.3, -0.25) is 9.88 Å². The highest BCUT2D eigenvalue weighted by Crippen LogP contribution is 2.21. The van der Waals surface area contributed by atoms with Gasteiger partial charge in [-0.2, -0.15) is 15.0 Å². The summed E-state index contributed by atoms with van der Waals surface area (Å²) in [5, 5.41) is 10.0. The average Bonchev–Trinajstić information content (AvgIpc) is 2.94. The first-order valence-corrected chi connectivity index (χ1v) is 13.0. The van der Waals surface area contributed by atoms with Gasteiger partial charge in [0.2, 0.25) is 17.8 Å². The Bertz CT molecular complexity index is 1100. The topological polar surface area (TPSA) is 107 Å². The second-order valence-electron chi connectivity index (χ2n) is 9.32. The van der Waals surface area contributed by atoms with Crippen LogP contribution in [0, 0.1) is 0 Å². The number of benzene rings is 1. The lowest BCUT2D eigenvalue weighted by Crippen LogP contribution is -2.45. The molecule has 3 N–H and O–H groups in total. The molecule has 37 heavy (non-hydrogen) atoms. The monoisotopic (exact) mass is 504 g/mol. The molecule has 0 radical (unpaired) electrons. The van der Waals surface area contributed by atoms with Gasteiger partial charge >= 0.3 is 0 Å². The molecule has 0 amide bonds. The quantitative estimate of drug-likeness (QED) is 0.378. The van der Waals surface area contributed by atoms with Gasteiger partial charge in [0.25, 0.3) is 0 Å². The van der Waals surface area contributed by atoms with E-state index in [2.05, 4.69) is 81.9 Å². The third kappa shape index (κ3) is 7.48. The Morgan fingerprint density at radius 2 is 1.54 bits per heavy atom. The summed E-state index contributed by atoms with van der Waals surface area (Å²) in [6.45, 7) is 9.97. The number of aromatic nitrogens is 4. The van der Waals surface area contributed by atoms with Gasteiger partial charge in [0.15, 0.2) is 0 Å². The van der Waals surface area contributed by atoms with Crippen molar-refractivity contribution in [2.24, 2.45) is 0 Å². The smallest absolute Gasteiger partial charge is 0.233 e. The van der Waals surface area contributed by atoms with E-state index in [-0.39, 0.29) is 0 Å². The molecule has 2 saturated heterocycles. The van der Waals surface area contributed by atoms with Gasteiger partial charge in [-0.1, -0.05) is 6.07 Å². The lowest BCUT2D eigenvalue weighted by Gasteiger charge is -2.32. The minimum absolute atomic E-state index is 0.486. The van der Waals surface area contributed by atoms with E-state index >= 15 is 0 Å². The lowest BCUT2D eigenvalue weighted by molar-refractivity contribution is 0.122. The number of anilines is 5. The summed E-state index contributed by atoms with van der Waals surface area (Å²) >= 11 is 0. The standard InChI is InChI=1S/C26H36N10O/c1-34-12-14-35(15-13-34)11-10-28-24-31-25(29-20-22-4-2-3-9-27-22)33-26(32-24)30-21-5-7-23(8-6-21)36-16-18-37-19-17-36/h2-9H,10-20H2,1H3,(H3,28,29,30,31,32,33). The summed E-state index contributed by atoms with van der Waals surface area (Å²) in [4.78, 5) is 25.4. The van der Waals surface area contributed by atoms with Gasteiger partial charge in [0.05, 0.1) is 25.5 Å². The van der Waals surface area contributed by atoms with Gasteiger partial charge < -0.3 is 30.5 Å². The zero-order valence-electron chi connectivity index (χ0n) is 21.4. The van der Waals surface area contributed by atoms with Crippen LogP contribution < -0.4 is 20.9 Å². The minimum atomic E-state index is 0.486. The average molecular weight is 505 g/mol. The first-order chi connectivity index (χ1) is 18.2. The predicted molar refractivity (Wildman–Crippen MR) is 147 cm³/mol. The third-order valence-corrected chi connectivity index (χ3v) is 6.60. The van der Waals surface area contributed by atoms with Crippen molar-refractivity contribution in [2.75, 3.05) is 93.5 Å². The zero-order chi connectivity index (χ0) is 25.3. The minimum Gasteiger partial charge on any atom is -0.378 e. The molecule has 2 aliphatic rings. The highest BCUT2D eigenvalue weighted by molar-refractivity contribution is 5.60. The number of ether oxygens (including phenoxy) is 1. The first kappa shape index (κ1) is 25.1. The van der Waals surface area contributed by atoms with Gasteiger partial charge in [-0.05, 0) is 43.4 Å². The molecule has 0 spiro atoms. The van der Waals surface area contributed by atoms with Crippen LogP contribution in [-0.2, 0) is 11.3 Å². The van der Waals surface area contributed by atoms with Gasteiger partial charge in [-0.25, -0.2) is 0 Å². The van der Waals surface area contributed by atoms with Crippen LogP contribution in [0.2, 0.25) is 0 Å². The van der Waals surface area contributed by atoms with Crippen LogP contribution >= 0.6 is 0 Å². The van der Waals surface area contributed by atoms with Gasteiger partial charge in [0.1, 0.15) is 0 Å². The summed E-state index contributed by atoms with van der Waals surface area (Å²) in [6, 6.07) is 14.2. The molecule has 0 saturated carbocycles. The lowest BCUT2D eigenvalue weighted by atomic mass is 10.2. The molecule has 196 valence electrons. The van der Waals surface area contributed by atoms with Crippen molar-refractivity contribution in [1.29, 1.82) is 0 Å². The fraction of sp³-hybridized carbons (Fsp3) is 0.462. The van der Waals surface area contributed by atoms with Crippen LogP contribution in [0.25, 0.3) is 0 Å². The molecule has 0 unspecified atom stereocenters. The Morgan fingerprint density at radius 1 is 0.811 bits per heavy atom. The van der Waals surface area contributed by atoms with E-state index in [1.807, 2.05) is 18.2 Å². The van der Waals surface area contributed by atoms with Crippen LogP contribution in [0.15, 0.2) is 48.7 Å². The van der Waals surface area contributed by atoms with Crippen molar-refractivity contribution in [1.82, 2.24) is 29.7 Å². The fourth-order valence-corrected chi connectivity index (χ4v) is 4.37. The highest BCUT2D eigenvalue weighted by atomic mass is 16.5. The molecule has 0 aliphatic carbocycles. The second-order valence-corrected chi connectivity index (χ2v) is 9.32. The van der Waals surface area contributed by atoms with E-state index in [1.165, 1.54) is 5.69 Å². The van der Waals surface area contributed by atoms with Crippen molar-refractivity contribution in [2.45, 2.75) is 6.54 Å². The SMILES string of the molecule is CN1CCN(CCNc2nc(NCc3ccccn3)nc(Nc3ccc(N4CCOCC4)cc3)n2)CC1. The number of nitrogens with one attached hydrogen (secondary N) is 3. The highest BCUT2D eigenvalue weighted by Gasteiger charge is 2.14. The molecule has 4 heterocycles. The summed E-state index contributed by atoms with van der Waals surface area (Å²) in [5.41, 5.74) is 3.02. The molecule has 0 atom stereocenters. The van der Waals surface area contributed by atoms with E-state index < -0.39 is 0 Å². The number of likely N-dealkylation sites (N-methyl/N-ethyl adjacent to an activating group) is 1. The molecule has 2 aliphatic heterocycles. The summed E-state index contributed by atoms with van der Waals surface area (Å²) in [6.07, 6.45) is 1.78. The van der Waals surface area contributed by atoms with Gasteiger partial charge in [-0.15, -0.1) is 0 Å². The van der Waals surface area contributed by atoms with E-state index in [4.69, 9.17) is 4.74 Å². The summed E-state index contributed by atoms with van der Waals surface area (Å²) < 4.78 is 5.46. The number of nitrogens with zero attached hydrogens (tertiary/aromatic N) is 7. The molecule has 5 rings (SSSR count). The molecule has 1 aromatic carbocycles. The number of hydrogen-bond donors (Lipinski definition) is 3. The van der Waals surface area contributed by atoms with Crippen LogP contribution in [0.1, 0.15) is 5.69 Å². The maximum atomic E-state index is 5.46. The van der Waals surface area contributed by atoms with Crippen LogP contribution in [-0.4, -0.2) is 102 Å². The van der Waals surface area contributed by atoms with Crippen molar-refractivity contribution < 1.29 is 4.74 Å². The molecule has 2 fully saturated rings. The zero-order valence-corrected chi connectivity index (χ0v) is 21.4. The Labute approximate surface area is 218 Å². The maximum absolute atomic E-state index is 5.46. The number of piperazine rings is 1. The first-order valence-electron chi connectivity index (χ1n) is 13.0. The molecule has 11 nitrogen and oxygen atoms in total. The molecule has 2 aromatic heterocycles. The fourth-order valence-electron chi connectivity index (χ4n) is 4.37. The van der Waals surface area contributed by atoms with Crippen LogP contribution in [0.3, 0.4) is 0 Å². The Morgan fingerprint density at radius 3 is 2.27 bits per heavy atom. The van der Waals surface area contributed by atoms with Crippen LogP contribution in [0.5, 0.6) is 0 Å². The van der Waals surface area contributed by atoms with Crippen molar-refractivity contribution >= 4 is 29.2 Å². The van der Waals surface area contributed by atoms with Crippen molar-refractivity contribution in [3.63, 3.8) is 0 Å². The van der Waals surface area contributed by atoms with E-state index in [1.54, 1.807) is 6.20 Å². The predicted octanol–water partition coefficient (Wildman–Crippen LogP) is 2.12. The molecule has 3 aromatic rings. The van der Waals surface area contributed by atoms with E-state index in [0.29, 0.717) is 24.4 Å². The van der Waals surface area contributed by atoms with Crippen molar-refractivity contribution in [3.8, 4) is 0 Å². The normalized spacial score (nSPS) is 16.9. The number of pyridine rings is 1. The number of hydrogen-bond acceptors (Lipinski definition) is 11. The number of morpholine rings is 1. The second kappa shape index (κ2) is 12.6. The third-order valence-electron chi connectivity index (χ3n) is 6.60. The van der Waals surface area contributed by atoms with Gasteiger partial charge in [0, 0.05) is 69.9 Å². The number of rotatable bonds is 10. The van der Waals surface area contributed by atoms with E-state index in [9.17, 15) is 0 Å². The maximum Gasteiger partial charge on any atom is 0.233 e. The summed E-state index contributed by atoms with van der Waals surface area (Å²) in [7, 11) is 2.17. The molecular weight excluding hydrogens is 468 g/mol. The van der Waals surface area contributed by atoms with Crippen molar-refractivity contribution in [3.05, 3.63) is 54.4 Å². The Hall–Kier alpha value is -3.54. The Kier molecular flexibility index (Phi) is 8.57. The Balaban J connectivity index is 1.25. The van der Waals surface area contributed by atoms with E-state index in [0.717, 1.165) is 77.0 Å².